The molecule has 1 fully saturated rings. The number of nitrogens with zero attached hydrogens (tertiary/aromatic N) is 4. The quantitative estimate of drug-likeness (QED) is 0.595. The number of ether oxygens (including phenoxy) is 1. The Labute approximate surface area is 183 Å². The first-order chi connectivity index (χ1) is 15.4. The molecule has 0 spiro atoms. The van der Waals surface area contributed by atoms with Crippen molar-refractivity contribution in [3.8, 4) is 0 Å². The van der Waals surface area contributed by atoms with Gasteiger partial charge in [-0.1, -0.05) is 18.2 Å². The van der Waals surface area contributed by atoms with Gasteiger partial charge >= 0.3 is 0 Å². The third-order valence-corrected chi connectivity index (χ3v) is 5.65. The average Bonchev–Trinajstić information content (AvgIpc) is 2.80. The highest BCUT2D eigenvalue weighted by Crippen LogP contribution is 2.32. The number of halogens is 3. The minimum Gasteiger partial charge on any atom is -0.394 e. The Hall–Kier alpha value is -2.98. The Morgan fingerprint density at radius 2 is 2.06 bits per heavy atom. The molecular formula is C22H24F3N5O2. The molecule has 3 aromatic rings. The SMILES string of the molecule is Cc1nnc(N[C@H](C)c2cccc(C(F)F)c2F)c2cc(N3CCOC[C@H]3CO)cnc12. The summed E-state index contributed by atoms with van der Waals surface area (Å²) in [6.07, 6.45) is -1.19. The Morgan fingerprint density at radius 1 is 1.28 bits per heavy atom. The van der Waals surface area contributed by atoms with Gasteiger partial charge in [-0.05, 0) is 19.9 Å². The molecule has 1 aliphatic heterocycles. The van der Waals surface area contributed by atoms with Crippen molar-refractivity contribution in [2.75, 3.05) is 36.6 Å². The molecule has 170 valence electrons. The van der Waals surface area contributed by atoms with E-state index in [1.54, 1.807) is 20.0 Å². The first-order valence-electron chi connectivity index (χ1n) is 10.3. The second-order valence-corrected chi connectivity index (χ2v) is 7.75. The van der Waals surface area contributed by atoms with Crippen molar-refractivity contribution in [3.05, 3.63) is 53.1 Å². The summed E-state index contributed by atoms with van der Waals surface area (Å²) in [5, 5.41) is 21.8. The summed E-state index contributed by atoms with van der Waals surface area (Å²) in [4.78, 5) is 6.56. The van der Waals surface area contributed by atoms with Gasteiger partial charge in [0.15, 0.2) is 5.82 Å². The van der Waals surface area contributed by atoms with E-state index in [1.165, 1.54) is 12.1 Å². The van der Waals surface area contributed by atoms with Gasteiger partial charge in [-0.3, -0.25) is 4.98 Å². The molecule has 10 heteroatoms. The van der Waals surface area contributed by atoms with Crippen LogP contribution in [0.5, 0.6) is 0 Å². The highest BCUT2D eigenvalue weighted by Gasteiger charge is 2.24. The van der Waals surface area contributed by atoms with Crippen LogP contribution >= 0.6 is 0 Å². The first kappa shape index (κ1) is 22.2. The third kappa shape index (κ3) is 4.20. The van der Waals surface area contributed by atoms with E-state index in [2.05, 4.69) is 20.5 Å². The number of nitrogens with one attached hydrogen (secondary N) is 1. The predicted octanol–water partition coefficient (Wildman–Crippen LogP) is 3.78. The first-order valence-corrected chi connectivity index (χ1v) is 10.3. The van der Waals surface area contributed by atoms with E-state index in [0.29, 0.717) is 42.2 Å². The van der Waals surface area contributed by atoms with Crippen molar-refractivity contribution in [2.24, 2.45) is 0 Å². The molecule has 32 heavy (non-hydrogen) atoms. The van der Waals surface area contributed by atoms with Gasteiger partial charge < -0.3 is 20.1 Å². The number of anilines is 2. The molecule has 0 bridgehead atoms. The molecule has 4 rings (SSSR count). The van der Waals surface area contributed by atoms with E-state index in [4.69, 9.17) is 4.74 Å². The van der Waals surface area contributed by atoms with Crippen molar-refractivity contribution in [3.63, 3.8) is 0 Å². The monoisotopic (exact) mass is 447 g/mol. The van der Waals surface area contributed by atoms with Crippen LogP contribution in [0.4, 0.5) is 24.7 Å². The van der Waals surface area contributed by atoms with Crippen LogP contribution in [-0.4, -0.2) is 52.7 Å². The van der Waals surface area contributed by atoms with Gasteiger partial charge in [0.2, 0.25) is 0 Å². The maximum absolute atomic E-state index is 14.6. The number of pyridine rings is 1. The van der Waals surface area contributed by atoms with Gasteiger partial charge in [-0.2, -0.15) is 5.10 Å². The maximum atomic E-state index is 14.6. The number of rotatable bonds is 6. The summed E-state index contributed by atoms with van der Waals surface area (Å²) < 4.78 is 46.3. The zero-order chi connectivity index (χ0) is 22.8. The molecule has 1 aliphatic rings. The van der Waals surface area contributed by atoms with Gasteiger partial charge in [0.25, 0.3) is 6.43 Å². The summed E-state index contributed by atoms with van der Waals surface area (Å²) in [5.74, 6) is -0.576. The molecular weight excluding hydrogens is 423 g/mol. The number of aryl methyl sites for hydroxylation is 1. The number of benzene rings is 1. The summed E-state index contributed by atoms with van der Waals surface area (Å²) >= 11 is 0. The van der Waals surface area contributed by atoms with Crippen molar-refractivity contribution in [2.45, 2.75) is 32.4 Å². The maximum Gasteiger partial charge on any atom is 0.266 e. The van der Waals surface area contributed by atoms with E-state index in [-0.39, 0.29) is 18.2 Å². The zero-order valence-electron chi connectivity index (χ0n) is 17.7. The van der Waals surface area contributed by atoms with Crippen LogP contribution in [0.2, 0.25) is 0 Å². The van der Waals surface area contributed by atoms with Gasteiger partial charge in [-0.15, -0.1) is 5.10 Å². The lowest BCUT2D eigenvalue weighted by Crippen LogP contribution is -2.47. The summed E-state index contributed by atoms with van der Waals surface area (Å²) in [7, 11) is 0. The average molecular weight is 447 g/mol. The van der Waals surface area contributed by atoms with Crippen LogP contribution in [0.3, 0.4) is 0 Å². The molecule has 1 saturated heterocycles. The molecule has 2 atom stereocenters. The molecule has 0 amide bonds. The Kier molecular flexibility index (Phi) is 6.43. The lowest BCUT2D eigenvalue weighted by atomic mass is 10.0. The van der Waals surface area contributed by atoms with Gasteiger partial charge in [0, 0.05) is 17.5 Å². The van der Waals surface area contributed by atoms with Crippen LogP contribution in [0.25, 0.3) is 10.9 Å². The number of fused-ring (bicyclic) bond motifs is 1. The molecule has 2 aromatic heterocycles. The molecule has 0 saturated carbocycles. The highest BCUT2D eigenvalue weighted by molar-refractivity contribution is 5.92. The fourth-order valence-corrected chi connectivity index (χ4v) is 3.91. The van der Waals surface area contributed by atoms with Crippen LogP contribution in [0.15, 0.2) is 30.5 Å². The van der Waals surface area contributed by atoms with E-state index in [0.717, 1.165) is 11.8 Å². The number of morpholine rings is 1. The number of aliphatic hydroxyl groups excluding tert-OH is 1. The predicted molar refractivity (Wildman–Crippen MR) is 115 cm³/mol. The summed E-state index contributed by atoms with van der Waals surface area (Å²) in [6, 6.07) is 4.99. The van der Waals surface area contributed by atoms with E-state index >= 15 is 0 Å². The molecule has 3 heterocycles. The minimum atomic E-state index is -2.90. The number of hydrogen-bond donors (Lipinski definition) is 2. The lowest BCUT2D eigenvalue weighted by molar-refractivity contribution is 0.0727. The highest BCUT2D eigenvalue weighted by atomic mass is 19.3. The molecule has 0 radical (unpaired) electrons. The molecule has 0 unspecified atom stereocenters. The molecule has 0 aliphatic carbocycles. The number of alkyl halides is 2. The molecule has 2 N–H and O–H groups in total. The Balaban J connectivity index is 1.71. The smallest absolute Gasteiger partial charge is 0.266 e. The minimum absolute atomic E-state index is 0.0619. The fourth-order valence-electron chi connectivity index (χ4n) is 3.91. The zero-order valence-corrected chi connectivity index (χ0v) is 17.7. The van der Waals surface area contributed by atoms with Crippen molar-refractivity contribution in [1.82, 2.24) is 15.2 Å². The van der Waals surface area contributed by atoms with E-state index < -0.39 is 23.8 Å². The molecule has 7 nitrogen and oxygen atoms in total. The number of hydrogen-bond acceptors (Lipinski definition) is 7. The Morgan fingerprint density at radius 3 is 2.81 bits per heavy atom. The molecule has 1 aromatic carbocycles. The van der Waals surface area contributed by atoms with Crippen LogP contribution in [0.1, 0.15) is 36.2 Å². The van der Waals surface area contributed by atoms with Crippen LogP contribution in [-0.2, 0) is 4.74 Å². The van der Waals surface area contributed by atoms with Gasteiger partial charge in [-0.25, -0.2) is 13.2 Å². The van der Waals surface area contributed by atoms with Gasteiger partial charge in [0.1, 0.15) is 5.82 Å². The van der Waals surface area contributed by atoms with E-state index in [9.17, 15) is 18.3 Å². The number of aromatic nitrogens is 3. The number of aliphatic hydroxyl groups is 1. The fraction of sp³-hybridized carbons (Fsp3) is 0.409. The Bertz CT molecular complexity index is 1110. The normalized spacial score (nSPS) is 17.7. The van der Waals surface area contributed by atoms with Crippen molar-refractivity contribution in [1.29, 1.82) is 0 Å². The van der Waals surface area contributed by atoms with Crippen LogP contribution in [0, 0.1) is 12.7 Å². The van der Waals surface area contributed by atoms with Crippen LogP contribution < -0.4 is 10.2 Å². The second-order valence-electron chi connectivity index (χ2n) is 7.75. The topological polar surface area (TPSA) is 83.4 Å². The lowest BCUT2D eigenvalue weighted by Gasteiger charge is -2.36. The standard InChI is InChI=1S/C22H24F3N5O2/c1-12(16-4-3-5-17(19(16)23)21(24)25)27-22-18-8-14(9-26-20(18)13(2)28-29-22)30-6-7-32-11-15(30)10-31/h3-5,8-9,12,15,21,31H,6-7,10-11H2,1-2H3,(H,27,29)/t12-,15-/m1/s1. The van der Waals surface area contributed by atoms with Crippen molar-refractivity contribution >= 4 is 22.4 Å². The largest absolute Gasteiger partial charge is 0.394 e. The summed E-state index contributed by atoms with van der Waals surface area (Å²) in [5.41, 5.74) is 1.50. The van der Waals surface area contributed by atoms with Crippen molar-refractivity contribution < 1.29 is 23.0 Å². The van der Waals surface area contributed by atoms with Gasteiger partial charge in [0.05, 0.1) is 60.6 Å². The van der Waals surface area contributed by atoms with E-state index in [1.807, 2.05) is 11.0 Å². The second kappa shape index (κ2) is 9.25. The summed E-state index contributed by atoms with van der Waals surface area (Å²) in [6.45, 7) is 4.93. The third-order valence-electron chi connectivity index (χ3n) is 5.65.